The van der Waals surface area contributed by atoms with E-state index in [1.165, 1.54) is 0 Å². The van der Waals surface area contributed by atoms with Crippen molar-refractivity contribution < 1.29 is 19.1 Å². The van der Waals surface area contributed by atoms with E-state index in [9.17, 15) is 14.4 Å². The van der Waals surface area contributed by atoms with Crippen molar-refractivity contribution in [3.8, 4) is 16.9 Å². The van der Waals surface area contributed by atoms with Crippen LogP contribution in [-0.2, 0) is 22.6 Å². The van der Waals surface area contributed by atoms with Crippen molar-refractivity contribution in [3.05, 3.63) is 155 Å². The monoisotopic (exact) mass is 652 g/mol. The minimum Gasteiger partial charge on any atom is -0.497 e. The maximum absolute atomic E-state index is 13.7. The molecule has 0 aliphatic rings. The molecule has 0 heterocycles. The van der Waals surface area contributed by atoms with E-state index in [-0.39, 0.29) is 37.2 Å². The molecule has 0 unspecified atom stereocenters. The Morgan fingerprint density at radius 3 is 2.00 bits per heavy atom. The van der Waals surface area contributed by atoms with Crippen LogP contribution in [0.25, 0.3) is 23.3 Å². The number of hydrogen-bond acceptors (Lipinski definition) is 5. The van der Waals surface area contributed by atoms with Gasteiger partial charge in [-0.05, 0) is 63.7 Å². The summed E-state index contributed by atoms with van der Waals surface area (Å²) in [6.45, 7) is 0.891. The molecule has 0 aromatic heterocycles. The summed E-state index contributed by atoms with van der Waals surface area (Å²) in [5, 5.41) is 5.63. The number of carbonyl (C=O) groups is 3. The molecule has 0 fully saturated rings. The number of anilines is 1. The molecular weight excluding hydrogens is 612 g/mol. The van der Waals surface area contributed by atoms with Crippen LogP contribution in [-0.4, -0.2) is 44.5 Å². The first-order chi connectivity index (χ1) is 23.9. The van der Waals surface area contributed by atoms with Crippen LogP contribution in [0.3, 0.4) is 0 Å². The molecular formula is C41H40N4O4. The summed E-state index contributed by atoms with van der Waals surface area (Å²) in [4.78, 5) is 40.8. The zero-order chi connectivity index (χ0) is 34.4. The van der Waals surface area contributed by atoms with Crippen molar-refractivity contribution in [3.63, 3.8) is 0 Å². The first-order valence-corrected chi connectivity index (χ1v) is 16.1. The van der Waals surface area contributed by atoms with Gasteiger partial charge in [0.25, 0.3) is 5.91 Å². The van der Waals surface area contributed by atoms with Crippen LogP contribution in [0.1, 0.15) is 32.6 Å². The summed E-state index contributed by atoms with van der Waals surface area (Å²) in [7, 11) is 1.64. The summed E-state index contributed by atoms with van der Waals surface area (Å²) in [6, 6.07) is 40.2. The lowest BCUT2D eigenvalue weighted by Gasteiger charge is -2.24. The minimum absolute atomic E-state index is 0.145. The van der Waals surface area contributed by atoms with Crippen LogP contribution in [0, 0.1) is 0 Å². The number of benzene rings is 5. The lowest BCUT2D eigenvalue weighted by molar-refractivity contribution is -0.124. The number of hydrogen-bond donors (Lipinski definition) is 3. The van der Waals surface area contributed by atoms with Gasteiger partial charge in [-0.15, -0.1) is 0 Å². The summed E-state index contributed by atoms with van der Waals surface area (Å²) in [5.41, 5.74) is 12.3. The second kappa shape index (κ2) is 17.2. The Labute approximate surface area is 287 Å². The molecule has 5 aromatic carbocycles. The Hall–Kier alpha value is -5.99. The topological polar surface area (TPSA) is 114 Å². The fraction of sp³-hybridized carbons (Fsp3) is 0.146. The van der Waals surface area contributed by atoms with Gasteiger partial charge >= 0.3 is 0 Å². The lowest BCUT2D eigenvalue weighted by atomic mass is 9.98. The number of nitrogens with one attached hydrogen (secondary N) is 2. The summed E-state index contributed by atoms with van der Waals surface area (Å²) < 4.78 is 5.24. The highest BCUT2D eigenvalue weighted by Gasteiger charge is 2.18. The molecule has 3 amide bonds. The van der Waals surface area contributed by atoms with Crippen molar-refractivity contribution in [2.45, 2.75) is 13.0 Å². The summed E-state index contributed by atoms with van der Waals surface area (Å²) in [5.74, 6) is 0.150. The van der Waals surface area contributed by atoms with Crippen LogP contribution < -0.4 is 26.0 Å². The third-order valence-electron chi connectivity index (χ3n) is 7.94. The smallest absolute Gasteiger partial charge is 0.251 e. The zero-order valence-corrected chi connectivity index (χ0v) is 27.5. The van der Waals surface area contributed by atoms with Crippen molar-refractivity contribution in [1.82, 2.24) is 10.6 Å². The number of amides is 3. The number of methoxy groups -OCH3 is 1. The highest BCUT2D eigenvalue weighted by Crippen LogP contribution is 2.26. The number of ether oxygens (including phenoxy) is 1. The first kappa shape index (κ1) is 34.3. The van der Waals surface area contributed by atoms with Gasteiger partial charge in [0.05, 0.1) is 26.6 Å². The van der Waals surface area contributed by atoms with E-state index in [0.717, 1.165) is 39.1 Å². The van der Waals surface area contributed by atoms with Gasteiger partial charge in [-0.25, -0.2) is 0 Å². The van der Waals surface area contributed by atoms with Crippen LogP contribution in [0.2, 0.25) is 0 Å². The molecule has 0 atom stereocenters. The molecule has 248 valence electrons. The third-order valence-corrected chi connectivity index (χ3v) is 7.94. The van der Waals surface area contributed by atoms with E-state index in [4.69, 9.17) is 10.5 Å². The van der Waals surface area contributed by atoms with Crippen LogP contribution in [0.5, 0.6) is 5.75 Å². The van der Waals surface area contributed by atoms with Gasteiger partial charge in [-0.1, -0.05) is 109 Å². The Kier molecular flexibility index (Phi) is 12.1. The standard InChI is InChI=1S/C41H40N4O4/c1-49-36-23-17-31(18-24-36)12-11-30-15-21-35(22-16-30)45(40(47)28-44-39(46)27-32-7-3-2-4-8-32)29-33-13-19-34(20-14-33)37-9-5-6-10-38(37)41(48)43-26-25-42/h2-24H,25-29,42H2,1H3,(H,43,48)(H,44,46). The second-order valence-corrected chi connectivity index (χ2v) is 11.4. The second-order valence-electron chi connectivity index (χ2n) is 11.4. The molecule has 0 aliphatic carbocycles. The summed E-state index contributed by atoms with van der Waals surface area (Å²) in [6.07, 6.45) is 4.21. The predicted molar refractivity (Wildman–Crippen MR) is 196 cm³/mol. The Balaban J connectivity index is 1.33. The molecule has 0 radical (unpaired) electrons. The van der Waals surface area contributed by atoms with Crippen LogP contribution in [0.15, 0.2) is 127 Å². The molecule has 0 saturated carbocycles. The quantitative estimate of drug-likeness (QED) is 0.125. The zero-order valence-electron chi connectivity index (χ0n) is 27.5. The van der Waals surface area contributed by atoms with Gasteiger partial charge in [-0.3, -0.25) is 14.4 Å². The average molecular weight is 653 g/mol. The molecule has 5 rings (SSSR count). The Bertz CT molecular complexity index is 1870. The lowest BCUT2D eigenvalue weighted by Crippen LogP contribution is -2.40. The van der Waals surface area contributed by atoms with Gasteiger partial charge in [0.2, 0.25) is 11.8 Å². The third kappa shape index (κ3) is 9.76. The molecule has 0 aliphatic heterocycles. The Morgan fingerprint density at radius 2 is 1.35 bits per heavy atom. The van der Waals surface area contributed by atoms with E-state index in [2.05, 4.69) is 10.6 Å². The maximum Gasteiger partial charge on any atom is 0.251 e. The first-order valence-electron chi connectivity index (χ1n) is 16.1. The average Bonchev–Trinajstić information content (AvgIpc) is 3.15. The number of nitrogens with two attached hydrogens (primary N) is 1. The largest absolute Gasteiger partial charge is 0.497 e. The van der Waals surface area contributed by atoms with Crippen molar-refractivity contribution in [1.29, 1.82) is 0 Å². The van der Waals surface area contributed by atoms with Gasteiger partial charge in [-0.2, -0.15) is 0 Å². The molecule has 0 saturated heterocycles. The van der Waals surface area contributed by atoms with Crippen molar-refractivity contribution in [2.24, 2.45) is 5.73 Å². The minimum atomic E-state index is -0.242. The highest BCUT2D eigenvalue weighted by atomic mass is 16.5. The van der Waals surface area contributed by atoms with E-state index in [1.807, 2.05) is 133 Å². The molecule has 49 heavy (non-hydrogen) atoms. The predicted octanol–water partition coefficient (Wildman–Crippen LogP) is 6.11. The number of carbonyl (C=O) groups excluding carboxylic acids is 3. The van der Waals surface area contributed by atoms with Crippen LogP contribution >= 0.6 is 0 Å². The van der Waals surface area contributed by atoms with E-state index in [0.29, 0.717) is 24.3 Å². The highest BCUT2D eigenvalue weighted by molar-refractivity contribution is 6.01. The molecule has 0 bridgehead atoms. The number of nitrogens with zero attached hydrogens (tertiary/aromatic N) is 1. The van der Waals surface area contributed by atoms with Crippen molar-refractivity contribution >= 4 is 35.6 Å². The summed E-state index contributed by atoms with van der Waals surface area (Å²) >= 11 is 0. The maximum atomic E-state index is 13.7. The van der Waals surface area contributed by atoms with Gasteiger partial charge in [0.15, 0.2) is 0 Å². The Morgan fingerprint density at radius 1 is 0.714 bits per heavy atom. The van der Waals surface area contributed by atoms with E-state index >= 15 is 0 Å². The van der Waals surface area contributed by atoms with Crippen LogP contribution in [0.4, 0.5) is 5.69 Å². The normalized spacial score (nSPS) is 10.8. The van der Waals surface area contributed by atoms with Gasteiger partial charge in [0.1, 0.15) is 5.75 Å². The SMILES string of the molecule is COc1ccc(C=Cc2ccc(N(Cc3ccc(-c4ccccc4C(=O)NCCN)cc3)C(=O)CNC(=O)Cc3ccccc3)cc2)cc1. The molecule has 8 heteroatoms. The fourth-order valence-electron chi connectivity index (χ4n) is 5.30. The van der Waals surface area contributed by atoms with Gasteiger partial charge in [0, 0.05) is 24.3 Å². The number of rotatable bonds is 14. The molecule has 5 aromatic rings. The van der Waals surface area contributed by atoms with Gasteiger partial charge < -0.3 is 26.0 Å². The molecule has 8 nitrogen and oxygen atoms in total. The fourth-order valence-corrected chi connectivity index (χ4v) is 5.30. The van der Waals surface area contributed by atoms with Crippen molar-refractivity contribution in [2.75, 3.05) is 31.6 Å². The molecule has 0 spiro atoms. The molecule has 4 N–H and O–H groups in total. The van der Waals surface area contributed by atoms with E-state index < -0.39 is 0 Å². The van der Waals surface area contributed by atoms with E-state index in [1.54, 1.807) is 18.1 Å².